The molecular formula is C25H23ClN4O4S2. The monoisotopic (exact) mass is 542 g/mol. The molecule has 186 valence electrons. The molecule has 0 radical (unpaired) electrons. The Morgan fingerprint density at radius 1 is 1.14 bits per heavy atom. The molecule has 1 amide bonds. The standard InChI is InChI=1S/C25H23ClN4O4S2/c1-34-21-11-10-20(26)23-22(21)28-25(35-23)30(16-17-5-4-12-27-15-17)24(31)18-6-8-19(9-7-18)36(32,33)29-13-2-3-14-29/h4-12,15H,2-3,13-14,16H2,1H3. The maximum atomic E-state index is 13.7. The van der Waals surface area contributed by atoms with E-state index in [2.05, 4.69) is 9.97 Å². The number of ether oxygens (including phenoxy) is 1. The highest BCUT2D eigenvalue weighted by Crippen LogP contribution is 2.39. The molecule has 1 saturated heterocycles. The van der Waals surface area contributed by atoms with Gasteiger partial charge in [0.05, 0.1) is 28.3 Å². The lowest BCUT2D eigenvalue weighted by Gasteiger charge is -2.20. The maximum Gasteiger partial charge on any atom is 0.260 e. The Morgan fingerprint density at radius 3 is 2.56 bits per heavy atom. The van der Waals surface area contributed by atoms with Crippen molar-refractivity contribution in [2.24, 2.45) is 0 Å². The van der Waals surface area contributed by atoms with E-state index in [9.17, 15) is 13.2 Å². The number of thiazole rings is 1. The molecule has 0 bridgehead atoms. The van der Waals surface area contributed by atoms with Crippen LogP contribution in [-0.4, -0.2) is 48.8 Å². The summed E-state index contributed by atoms with van der Waals surface area (Å²) in [6, 6.07) is 13.2. The summed E-state index contributed by atoms with van der Waals surface area (Å²) in [5, 5.41) is 0.957. The van der Waals surface area contributed by atoms with Crippen molar-refractivity contribution in [2.75, 3.05) is 25.1 Å². The zero-order chi connectivity index (χ0) is 25.3. The molecule has 2 aromatic heterocycles. The minimum absolute atomic E-state index is 0.177. The van der Waals surface area contributed by atoms with Gasteiger partial charge in [-0.2, -0.15) is 4.31 Å². The highest BCUT2D eigenvalue weighted by molar-refractivity contribution is 7.89. The van der Waals surface area contributed by atoms with E-state index in [-0.39, 0.29) is 17.3 Å². The summed E-state index contributed by atoms with van der Waals surface area (Å²) in [6.07, 6.45) is 5.07. The summed E-state index contributed by atoms with van der Waals surface area (Å²) in [6.45, 7) is 1.26. The SMILES string of the molecule is COc1ccc(Cl)c2sc(N(Cc3cccnc3)C(=O)c3ccc(S(=O)(=O)N4CCCC4)cc3)nc12. The van der Waals surface area contributed by atoms with Gasteiger partial charge in [-0.15, -0.1) is 0 Å². The van der Waals surface area contributed by atoms with E-state index in [0.717, 1.165) is 18.4 Å². The molecule has 0 N–H and O–H groups in total. The first kappa shape index (κ1) is 24.6. The average Bonchev–Trinajstić information content (AvgIpc) is 3.60. The zero-order valence-corrected chi connectivity index (χ0v) is 21.8. The van der Waals surface area contributed by atoms with Crippen molar-refractivity contribution in [3.8, 4) is 5.75 Å². The van der Waals surface area contributed by atoms with E-state index >= 15 is 0 Å². The molecule has 36 heavy (non-hydrogen) atoms. The third-order valence-corrected chi connectivity index (χ3v) is 9.46. The van der Waals surface area contributed by atoms with Crippen molar-refractivity contribution in [3.05, 3.63) is 77.1 Å². The number of aromatic nitrogens is 2. The van der Waals surface area contributed by atoms with Gasteiger partial charge in [-0.05, 0) is 60.9 Å². The molecule has 0 aliphatic carbocycles. The van der Waals surface area contributed by atoms with Crippen molar-refractivity contribution in [3.63, 3.8) is 0 Å². The number of halogens is 1. The number of carbonyl (C=O) groups is 1. The minimum atomic E-state index is -3.57. The van der Waals surface area contributed by atoms with Crippen molar-refractivity contribution in [1.82, 2.24) is 14.3 Å². The van der Waals surface area contributed by atoms with Gasteiger partial charge in [-0.25, -0.2) is 13.4 Å². The third-order valence-electron chi connectivity index (χ3n) is 6.01. The van der Waals surface area contributed by atoms with Crippen LogP contribution in [0.1, 0.15) is 28.8 Å². The smallest absolute Gasteiger partial charge is 0.260 e. The van der Waals surface area contributed by atoms with Gasteiger partial charge in [-0.3, -0.25) is 14.7 Å². The maximum absolute atomic E-state index is 13.7. The van der Waals surface area contributed by atoms with Crippen molar-refractivity contribution in [2.45, 2.75) is 24.3 Å². The molecule has 0 saturated carbocycles. The van der Waals surface area contributed by atoms with Gasteiger partial charge in [0.25, 0.3) is 5.91 Å². The number of hydrogen-bond donors (Lipinski definition) is 0. The van der Waals surface area contributed by atoms with E-state index in [4.69, 9.17) is 16.3 Å². The van der Waals surface area contributed by atoms with E-state index < -0.39 is 10.0 Å². The second-order valence-electron chi connectivity index (χ2n) is 8.31. The van der Waals surface area contributed by atoms with E-state index in [0.29, 0.717) is 44.8 Å². The van der Waals surface area contributed by atoms with Gasteiger partial charge in [-0.1, -0.05) is 29.0 Å². The number of anilines is 1. The minimum Gasteiger partial charge on any atom is -0.494 e. The van der Waals surface area contributed by atoms with Gasteiger partial charge in [0, 0.05) is 31.0 Å². The van der Waals surface area contributed by atoms with Crippen LogP contribution in [0.25, 0.3) is 10.2 Å². The molecule has 1 fully saturated rings. The quantitative estimate of drug-likeness (QED) is 0.327. The summed E-state index contributed by atoms with van der Waals surface area (Å²) in [5.41, 5.74) is 1.73. The number of hydrogen-bond acceptors (Lipinski definition) is 7. The van der Waals surface area contributed by atoms with E-state index in [1.807, 2.05) is 6.07 Å². The van der Waals surface area contributed by atoms with Gasteiger partial charge in [0.1, 0.15) is 11.3 Å². The van der Waals surface area contributed by atoms with Crippen LogP contribution in [0.5, 0.6) is 5.75 Å². The van der Waals surface area contributed by atoms with Crippen molar-refractivity contribution < 1.29 is 17.9 Å². The molecule has 2 aromatic carbocycles. The number of pyridine rings is 1. The molecule has 1 aliphatic heterocycles. The number of nitrogens with zero attached hydrogens (tertiary/aromatic N) is 4. The van der Waals surface area contributed by atoms with Crippen LogP contribution in [-0.2, 0) is 16.6 Å². The Kier molecular flexibility index (Phi) is 6.94. The van der Waals surface area contributed by atoms with Crippen molar-refractivity contribution >= 4 is 54.2 Å². The average molecular weight is 543 g/mol. The van der Waals surface area contributed by atoms with Gasteiger partial charge in [0.2, 0.25) is 10.0 Å². The fraction of sp³-hybridized carbons (Fsp3) is 0.240. The van der Waals surface area contributed by atoms with Crippen LogP contribution in [0.3, 0.4) is 0 Å². The Hall–Kier alpha value is -3.05. The van der Waals surface area contributed by atoms with E-state index in [1.54, 1.807) is 54.7 Å². The Balaban J connectivity index is 1.52. The van der Waals surface area contributed by atoms with Gasteiger partial charge in [0.15, 0.2) is 5.13 Å². The second kappa shape index (κ2) is 10.1. The fourth-order valence-electron chi connectivity index (χ4n) is 4.12. The number of rotatable bonds is 7. The van der Waals surface area contributed by atoms with Crippen LogP contribution >= 0.6 is 22.9 Å². The first-order chi connectivity index (χ1) is 17.4. The Bertz CT molecular complexity index is 1500. The predicted molar refractivity (Wildman–Crippen MR) is 140 cm³/mol. The summed E-state index contributed by atoms with van der Waals surface area (Å²) in [7, 11) is -2.02. The highest BCUT2D eigenvalue weighted by Gasteiger charge is 2.28. The van der Waals surface area contributed by atoms with Crippen LogP contribution in [0.15, 0.2) is 65.8 Å². The predicted octanol–water partition coefficient (Wildman–Crippen LogP) is 4.98. The summed E-state index contributed by atoms with van der Waals surface area (Å²) >= 11 is 7.70. The van der Waals surface area contributed by atoms with Crippen LogP contribution in [0.4, 0.5) is 5.13 Å². The molecule has 0 unspecified atom stereocenters. The topological polar surface area (TPSA) is 92.7 Å². The normalized spacial score (nSPS) is 14.3. The number of amides is 1. The van der Waals surface area contributed by atoms with E-state index in [1.165, 1.54) is 27.8 Å². The van der Waals surface area contributed by atoms with Gasteiger partial charge >= 0.3 is 0 Å². The number of fused-ring (bicyclic) bond motifs is 1. The van der Waals surface area contributed by atoms with Gasteiger partial charge < -0.3 is 4.74 Å². The van der Waals surface area contributed by atoms with Crippen LogP contribution in [0.2, 0.25) is 5.02 Å². The molecule has 8 nitrogen and oxygen atoms in total. The summed E-state index contributed by atoms with van der Waals surface area (Å²) < 4.78 is 33.4. The number of sulfonamides is 1. The molecular weight excluding hydrogens is 520 g/mol. The lowest BCUT2D eigenvalue weighted by molar-refractivity contribution is 0.0985. The zero-order valence-electron chi connectivity index (χ0n) is 19.4. The fourth-order valence-corrected chi connectivity index (χ4v) is 6.90. The highest BCUT2D eigenvalue weighted by atomic mass is 35.5. The van der Waals surface area contributed by atoms with Crippen molar-refractivity contribution in [1.29, 1.82) is 0 Å². The van der Waals surface area contributed by atoms with Crippen LogP contribution in [0, 0.1) is 0 Å². The Labute approximate surface area is 218 Å². The lowest BCUT2D eigenvalue weighted by Crippen LogP contribution is -2.31. The molecule has 3 heterocycles. The summed E-state index contributed by atoms with van der Waals surface area (Å²) in [4.78, 5) is 24.3. The first-order valence-electron chi connectivity index (χ1n) is 11.3. The lowest BCUT2D eigenvalue weighted by atomic mass is 10.2. The summed E-state index contributed by atoms with van der Waals surface area (Å²) in [5.74, 6) is 0.236. The molecule has 5 rings (SSSR count). The molecule has 1 aliphatic rings. The third kappa shape index (κ3) is 4.69. The molecule has 4 aromatic rings. The molecule has 0 atom stereocenters. The second-order valence-corrected chi connectivity index (χ2v) is 11.6. The molecule has 11 heteroatoms. The Morgan fingerprint density at radius 2 is 1.89 bits per heavy atom. The number of benzene rings is 2. The largest absolute Gasteiger partial charge is 0.494 e. The number of carbonyl (C=O) groups excluding carboxylic acids is 1. The van der Waals surface area contributed by atoms with Crippen LogP contribution < -0.4 is 9.64 Å². The first-order valence-corrected chi connectivity index (χ1v) is 14.0. The molecule has 0 spiro atoms. The number of methoxy groups -OCH3 is 1.